The van der Waals surface area contributed by atoms with E-state index in [0.29, 0.717) is 17.9 Å². The van der Waals surface area contributed by atoms with E-state index in [1.54, 1.807) is 6.20 Å². The van der Waals surface area contributed by atoms with Gasteiger partial charge >= 0.3 is 6.18 Å². The van der Waals surface area contributed by atoms with Crippen molar-refractivity contribution >= 4 is 26.6 Å². The van der Waals surface area contributed by atoms with Crippen molar-refractivity contribution in [2.24, 2.45) is 5.92 Å². The van der Waals surface area contributed by atoms with Crippen LogP contribution in [0.4, 0.5) is 18.9 Å². The van der Waals surface area contributed by atoms with Gasteiger partial charge < -0.3 is 9.72 Å². The number of ether oxygens (including phenoxy) is 1. The first-order chi connectivity index (χ1) is 14.2. The highest BCUT2D eigenvalue weighted by atomic mass is 32.2. The number of nitrogens with one attached hydrogen (secondary N) is 2. The normalized spacial score (nSPS) is 14.8. The van der Waals surface area contributed by atoms with Crippen LogP contribution < -0.4 is 9.46 Å². The summed E-state index contributed by atoms with van der Waals surface area (Å²) in [5, 5.41) is 0.765. The predicted octanol–water partition coefficient (Wildman–Crippen LogP) is 4.96. The molecule has 1 aromatic heterocycles. The average Bonchev–Trinajstić information content (AvgIpc) is 3.40. The molecule has 0 atom stereocenters. The quantitative estimate of drug-likeness (QED) is 0.522. The Bertz CT molecular complexity index is 1130. The Hall–Kier alpha value is -2.68. The van der Waals surface area contributed by atoms with E-state index in [0.717, 1.165) is 41.4 Å². The van der Waals surface area contributed by atoms with E-state index in [1.165, 1.54) is 12.1 Å². The largest absolute Gasteiger partial charge is 0.493 e. The summed E-state index contributed by atoms with van der Waals surface area (Å²) in [6.45, 7) is 0.282. The van der Waals surface area contributed by atoms with E-state index in [1.807, 2.05) is 18.2 Å². The first-order valence-corrected chi connectivity index (χ1v) is 11.3. The van der Waals surface area contributed by atoms with Crippen LogP contribution in [0.25, 0.3) is 10.9 Å². The molecular formula is C21H21F3N2O3S. The number of alkyl halides is 3. The maximum absolute atomic E-state index is 12.6. The molecule has 1 saturated carbocycles. The van der Waals surface area contributed by atoms with Gasteiger partial charge in [0, 0.05) is 23.5 Å². The van der Waals surface area contributed by atoms with Gasteiger partial charge in [-0.3, -0.25) is 4.72 Å². The summed E-state index contributed by atoms with van der Waals surface area (Å²) in [4.78, 5) is 3.06. The molecule has 0 aliphatic heterocycles. The molecular weight excluding hydrogens is 417 g/mol. The Kier molecular flexibility index (Phi) is 5.40. The number of fused-ring (bicyclic) bond motifs is 1. The minimum Gasteiger partial charge on any atom is -0.493 e. The third-order valence-electron chi connectivity index (χ3n) is 5.00. The van der Waals surface area contributed by atoms with Gasteiger partial charge in [0.2, 0.25) is 10.0 Å². The molecule has 160 valence electrons. The summed E-state index contributed by atoms with van der Waals surface area (Å²) in [7, 11) is -3.39. The van der Waals surface area contributed by atoms with Crippen molar-refractivity contribution in [3.8, 4) is 5.75 Å². The van der Waals surface area contributed by atoms with Gasteiger partial charge in [0.15, 0.2) is 0 Å². The molecule has 1 aliphatic carbocycles. The van der Waals surface area contributed by atoms with Gasteiger partial charge in [0.1, 0.15) is 5.75 Å². The van der Waals surface area contributed by atoms with Crippen LogP contribution >= 0.6 is 0 Å². The number of aromatic nitrogens is 1. The second-order valence-corrected chi connectivity index (χ2v) is 9.30. The predicted molar refractivity (Wildman–Crippen MR) is 109 cm³/mol. The van der Waals surface area contributed by atoms with Crippen molar-refractivity contribution < 1.29 is 26.3 Å². The lowest BCUT2D eigenvalue weighted by Gasteiger charge is -2.10. The minimum absolute atomic E-state index is 0.139. The van der Waals surface area contributed by atoms with Crippen molar-refractivity contribution in [1.29, 1.82) is 0 Å². The average molecular weight is 438 g/mol. The molecule has 5 nitrogen and oxygen atoms in total. The third kappa shape index (κ3) is 5.08. The summed E-state index contributed by atoms with van der Waals surface area (Å²) in [6.07, 6.45) is -0.299. The van der Waals surface area contributed by atoms with E-state index in [2.05, 4.69) is 9.71 Å². The molecule has 30 heavy (non-hydrogen) atoms. The lowest BCUT2D eigenvalue weighted by Crippen LogP contribution is -2.17. The van der Waals surface area contributed by atoms with Crippen molar-refractivity contribution in [2.75, 3.05) is 17.1 Å². The van der Waals surface area contributed by atoms with Crippen LogP contribution in [0.5, 0.6) is 5.75 Å². The van der Waals surface area contributed by atoms with E-state index in [4.69, 9.17) is 4.74 Å². The maximum atomic E-state index is 12.6. The number of aromatic amines is 1. The first-order valence-electron chi connectivity index (χ1n) is 9.60. The van der Waals surface area contributed by atoms with Crippen molar-refractivity contribution in [3.05, 3.63) is 59.8 Å². The highest BCUT2D eigenvalue weighted by Crippen LogP contribution is 2.32. The number of halogens is 3. The van der Waals surface area contributed by atoms with Crippen LogP contribution in [-0.4, -0.2) is 25.8 Å². The molecule has 9 heteroatoms. The molecule has 0 bridgehead atoms. The van der Waals surface area contributed by atoms with Crippen LogP contribution in [0.2, 0.25) is 0 Å². The fourth-order valence-corrected chi connectivity index (χ4v) is 4.78. The zero-order chi connectivity index (χ0) is 21.4. The molecule has 3 aromatic rings. The summed E-state index contributed by atoms with van der Waals surface area (Å²) in [6, 6.07) is 10.2. The zero-order valence-corrected chi connectivity index (χ0v) is 16.8. The second kappa shape index (κ2) is 7.86. The van der Waals surface area contributed by atoms with E-state index < -0.39 is 21.8 Å². The molecule has 2 aromatic carbocycles. The van der Waals surface area contributed by atoms with E-state index >= 15 is 0 Å². The van der Waals surface area contributed by atoms with Crippen LogP contribution in [0, 0.1) is 5.92 Å². The molecule has 0 amide bonds. The Balaban J connectivity index is 1.39. The fraction of sp³-hybridized carbons (Fsp3) is 0.333. The highest BCUT2D eigenvalue weighted by molar-refractivity contribution is 7.92. The smallest absolute Gasteiger partial charge is 0.416 e. The maximum Gasteiger partial charge on any atom is 0.416 e. The fourth-order valence-electron chi connectivity index (χ4n) is 3.24. The summed E-state index contributed by atoms with van der Waals surface area (Å²) in [5.74, 6) is 0.755. The molecule has 0 unspecified atom stereocenters. The van der Waals surface area contributed by atoms with Crippen LogP contribution in [0.15, 0.2) is 48.7 Å². The van der Waals surface area contributed by atoms with Gasteiger partial charge in [-0.2, -0.15) is 13.2 Å². The number of sulfonamides is 1. The highest BCUT2D eigenvalue weighted by Gasteiger charge is 2.30. The van der Waals surface area contributed by atoms with Crippen LogP contribution in [-0.2, 0) is 22.6 Å². The minimum atomic E-state index is -4.37. The van der Waals surface area contributed by atoms with E-state index in [-0.39, 0.29) is 18.3 Å². The van der Waals surface area contributed by atoms with Gasteiger partial charge in [-0.25, -0.2) is 8.42 Å². The van der Waals surface area contributed by atoms with Gasteiger partial charge in [0.25, 0.3) is 0 Å². The Labute approximate surface area is 172 Å². The molecule has 0 radical (unpaired) electrons. The Morgan fingerprint density at radius 1 is 1.10 bits per heavy atom. The lowest BCUT2D eigenvalue weighted by molar-refractivity contribution is -0.137. The monoisotopic (exact) mass is 438 g/mol. The number of anilines is 1. The van der Waals surface area contributed by atoms with Gasteiger partial charge in [0.05, 0.1) is 23.6 Å². The Morgan fingerprint density at radius 3 is 2.50 bits per heavy atom. The summed E-state index contributed by atoms with van der Waals surface area (Å²) < 4.78 is 70.6. The summed E-state index contributed by atoms with van der Waals surface area (Å²) in [5.41, 5.74) is 1.53. The molecule has 1 fully saturated rings. The van der Waals surface area contributed by atoms with Crippen molar-refractivity contribution in [2.45, 2.75) is 25.4 Å². The standard InChI is InChI=1S/C21H21F3N2O3S/c22-21(23,24)16-4-6-17(7-5-16)29-10-9-14-3-8-19-18(11-14)20(12-25-19)26-30(27,28)13-15-1-2-15/h3-8,11-12,15,25-26H,1-2,9-10,13H2. The van der Waals surface area contributed by atoms with Gasteiger partial charge in [-0.15, -0.1) is 0 Å². The third-order valence-corrected chi connectivity index (χ3v) is 6.45. The first kappa shape index (κ1) is 20.6. The molecule has 1 aliphatic rings. The van der Waals surface area contributed by atoms with Gasteiger partial charge in [-0.1, -0.05) is 6.07 Å². The van der Waals surface area contributed by atoms with Crippen LogP contribution in [0.1, 0.15) is 24.0 Å². The number of H-pyrrole nitrogens is 1. The number of benzene rings is 2. The topological polar surface area (TPSA) is 71.2 Å². The number of hydrogen-bond donors (Lipinski definition) is 2. The summed E-state index contributed by atoms with van der Waals surface area (Å²) >= 11 is 0. The molecule has 0 saturated heterocycles. The molecule has 2 N–H and O–H groups in total. The van der Waals surface area contributed by atoms with Gasteiger partial charge in [-0.05, 0) is 60.7 Å². The molecule has 0 spiro atoms. The Morgan fingerprint density at radius 2 is 1.83 bits per heavy atom. The van der Waals surface area contributed by atoms with Crippen molar-refractivity contribution in [1.82, 2.24) is 4.98 Å². The SMILES string of the molecule is O=S(=O)(CC1CC1)Nc1c[nH]c2ccc(CCOc3ccc(C(F)(F)F)cc3)cc12. The molecule has 1 heterocycles. The molecule has 4 rings (SSSR count). The number of hydrogen-bond acceptors (Lipinski definition) is 3. The number of rotatable bonds is 8. The second-order valence-electron chi connectivity index (χ2n) is 7.53. The lowest BCUT2D eigenvalue weighted by atomic mass is 10.1. The zero-order valence-electron chi connectivity index (χ0n) is 16.0. The van der Waals surface area contributed by atoms with E-state index in [9.17, 15) is 21.6 Å². The van der Waals surface area contributed by atoms with Crippen LogP contribution in [0.3, 0.4) is 0 Å². The van der Waals surface area contributed by atoms with Crippen molar-refractivity contribution in [3.63, 3.8) is 0 Å².